The van der Waals surface area contributed by atoms with E-state index in [9.17, 15) is 22.0 Å². The van der Waals surface area contributed by atoms with Crippen molar-refractivity contribution in [3.63, 3.8) is 0 Å². The zero-order valence-corrected chi connectivity index (χ0v) is 10.3. The van der Waals surface area contributed by atoms with E-state index >= 15 is 0 Å². The molecule has 0 saturated carbocycles. The van der Waals surface area contributed by atoms with Gasteiger partial charge in [-0.15, -0.1) is 0 Å². The van der Waals surface area contributed by atoms with E-state index in [1.165, 1.54) is 12.4 Å². The molecule has 0 aliphatic rings. The smallest absolute Gasteiger partial charge is 0.236 e. The number of hydrogen-bond donors (Lipinski definition) is 0. The van der Waals surface area contributed by atoms with E-state index in [1.807, 2.05) is 6.92 Å². The topological polar surface area (TPSA) is 25.8 Å². The molecule has 0 N–H and O–H groups in total. The Kier molecular flexibility index (Phi) is 3.69. The molecule has 0 aliphatic heterocycles. The second kappa shape index (κ2) is 5.15. The van der Waals surface area contributed by atoms with Crippen LogP contribution in [0.25, 0.3) is 11.4 Å². The molecule has 0 aliphatic carbocycles. The van der Waals surface area contributed by atoms with Crippen molar-refractivity contribution in [3.05, 3.63) is 47.3 Å². The van der Waals surface area contributed by atoms with Gasteiger partial charge in [-0.1, -0.05) is 6.92 Å². The predicted octanol–water partition coefficient (Wildman–Crippen LogP) is 4.00. The van der Waals surface area contributed by atoms with Gasteiger partial charge in [-0.3, -0.25) is 0 Å². The maximum absolute atomic E-state index is 13.4. The highest BCUT2D eigenvalue weighted by molar-refractivity contribution is 5.56. The molecule has 2 rings (SSSR count). The molecule has 20 heavy (non-hydrogen) atoms. The Morgan fingerprint density at radius 1 is 1.00 bits per heavy atom. The number of benzene rings is 1. The summed E-state index contributed by atoms with van der Waals surface area (Å²) in [4.78, 5) is 7.74. The van der Waals surface area contributed by atoms with Gasteiger partial charge in [-0.05, 0) is 24.1 Å². The summed E-state index contributed by atoms with van der Waals surface area (Å²) in [6.45, 7) is 1.87. The van der Waals surface area contributed by atoms with Crippen LogP contribution in [0.1, 0.15) is 18.1 Å². The zero-order valence-electron chi connectivity index (χ0n) is 10.3. The third kappa shape index (κ3) is 2.76. The maximum Gasteiger partial charge on any atom is 0.422 e. The summed E-state index contributed by atoms with van der Waals surface area (Å²) in [5.41, 5.74) is -1.25. The summed E-state index contributed by atoms with van der Waals surface area (Å²) >= 11 is 0. The van der Waals surface area contributed by atoms with Crippen LogP contribution in [0.4, 0.5) is 22.0 Å². The Labute approximate surface area is 111 Å². The zero-order chi connectivity index (χ0) is 14.9. The lowest BCUT2D eigenvalue weighted by molar-refractivity contribution is -0.142. The van der Waals surface area contributed by atoms with E-state index in [0.29, 0.717) is 18.6 Å². The monoisotopic (exact) mass is 288 g/mol. The first-order valence-corrected chi connectivity index (χ1v) is 5.70. The minimum atomic E-state index is -5.08. The number of halogens is 5. The highest BCUT2D eigenvalue weighted by Gasteiger charge is 2.38. The Morgan fingerprint density at radius 2 is 1.50 bits per heavy atom. The van der Waals surface area contributed by atoms with Crippen molar-refractivity contribution in [2.75, 3.05) is 0 Å². The summed E-state index contributed by atoms with van der Waals surface area (Å²) in [6, 6.07) is 1.15. The van der Waals surface area contributed by atoms with Crippen molar-refractivity contribution >= 4 is 0 Å². The second-order valence-corrected chi connectivity index (χ2v) is 4.08. The van der Waals surface area contributed by atoms with E-state index in [0.717, 1.165) is 5.56 Å². The second-order valence-electron chi connectivity index (χ2n) is 4.08. The van der Waals surface area contributed by atoms with Crippen LogP contribution in [-0.2, 0) is 12.6 Å². The molecule has 7 heteroatoms. The van der Waals surface area contributed by atoms with Crippen LogP contribution in [-0.4, -0.2) is 9.97 Å². The molecule has 1 aromatic heterocycles. The average molecular weight is 288 g/mol. The normalized spacial score (nSPS) is 11.7. The van der Waals surface area contributed by atoms with Crippen LogP contribution < -0.4 is 0 Å². The number of aryl methyl sites for hydroxylation is 1. The largest absolute Gasteiger partial charge is 0.422 e. The van der Waals surface area contributed by atoms with Gasteiger partial charge in [0.2, 0.25) is 0 Å². The van der Waals surface area contributed by atoms with Crippen molar-refractivity contribution in [1.29, 1.82) is 0 Å². The number of aromatic nitrogens is 2. The minimum absolute atomic E-state index is 0.0336. The molecule has 0 spiro atoms. The van der Waals surface area contributed by atoms with E-state index in [1.54, 1.807) is 0 Å². The predicted molar refractivity (Wildman–Crippen MR) is 61.8 cm³/mol. The quantitative estimate of drug-likeness (QED) is 0.780. The van der Waals surface area contributed by atoms with E-state index < -0.39 is 23.4 Å². The van der Waals surface area contributed by atoms with Gasteiger partial charge in [0.1, 0.15) is 17.2 Å². The van der Waals surface area contributed by atoms with Gasteiger partial charge in [-0.2, -0.15) is 13.2 Å². The lowest BCUT2D eigenvalue weighted by Gasteiger charge is -2.10. The highest BCUT2D eigenvalue weighted by Crippen LogP contribution is 2.35. The summed E-state index contributed by atoms with van der Waals surface area (Å²) < 4.78 is 64.1. The number of alkyl halides is 3. The fourth-order valence-corrected chi connectivity index (χ4v) is 1.66. The first-order valence-electron chi connectivity index (χ1n) is 5.70. The van der Waals surface area contributed by atoms with Crippen LogP contribution in [0.15, 0.2) is 24.5 Å². The molecule has 2 nitrogen and oxygen atoms in total. The van der Waals surface area contributed by atoms with Crippen molar-refractivity contribution < 1.29 is 22.0 Å². The fraction of sp³-hybridized carbons (Fsp3) is 0.231. The lowest BCUT2D eigenvalue weighted by Crippen LogP contribution is -2.11. The van der Waals surface area contributed by atoms with E-state index in [-0.39, 0.29) is 11.4 Å². The van der Waals surface area contributed by atoms with Crippen molar-refractivity contribution in [2.45, 2.75) is 19.5 Å². The Bertz CT molecular complexity index is 597. The molecule has 0 radical (unpaired) electrons. The van der Waals surface area contributed by atoms with Gasteiger partial charge in [-0.25, -0.2) is 18.7 Å². The van der Waals surface area contributed by atoms with Gasteiger partial charge >= 0.3 is 6.18 Å². The summed E-state index contributed by atoms with van der Waals surface area (Å²) in [5.74, 6) is -3.40. The standard InChI is InChI=1S/C13H9F5N2/c1-2-7-5-19-12(20-6-7)8-3-9(14)11(10(15)4-8)13(16,17)18/h3-6H,2H2,1H3. The van der Waals surface area contributed by atoms with E-state index in [4.69, 9.17) is 0 Å². The van der Waals surface area contributed by atoms with Crippen molar-refractivity contribution in [2.24, 2.45) is 0 Å². The molecule has 1 heterocycles. The Hall–Kier alpha value is -2.05. The third-order valence-corrected chi connectivity index (χ3v) is 2.70. The molecule has 0 atom stereocenters. The highest BCUT2D eigenvalue weighted by atomic mass is 19.4. The van der Waals surface area contributed by atoms with Crippen LogP contribution in [0.3, 0.4) is 0 Å². The van der Waals surface area contributed by atoms with Gasteiger partial charge in [0.15, 0.2) is 5.82 Å². The molecule has 0 unspecified atom stereocenters. The molecule has 0 bridgehead atoms. The van der Waals surface area contributed by atoms with Gasteiger partial charge in [0.25, 0.3) is 0 Å². The molecule has 0 amide bonds. The molecular formula is C13H9F5N2. The van der Waals surface area contributed by atoms with Gasteiger partial charge in [0, 0.05) is 18.0 Å². The fourth-order valence-electron chi connectivity index (χ4n) is 1.66. The number of hydrogen-bond acceptors (Lipinski definition) is 2. The third-order valence-electron chi connectivity index (χ3n) is 2.70. The summed E-state index contributed by atoms with van der Waals surface area (Å²) in [6.07, 6.45) is -1.50. The van der Waals surface area contributed by atoms with Gasteiger partial charge < -0.3 is 0 Å². The Balaban J connectivity index is 2.49. The van der Waals surface area contributed by atoms with Crippen LogP contribution in [0, 0.1) is 11.6 Å². The molecule has 1 aromatic carbocycles. The first kappa shape index (κ1) is 14.4. The molecule has 0 fully saturated rings. The SMILES string of the molecule is CCc1cnc(-c2cc(F)c(C(F)(F)F)c(F)c2)nc1. The lowest BCUT2D eigenvalue weighted by atomic mass is 10.1. The molecular weight excluding hydrogens is 279 g/mol. The minimum Gasteiger partial charge on any atom is -0.236 e. The maximum atomic E-state index is 13.4. The van der Waals surface area contributed by atoms with Crippen molar-refractivity contribution in [3.8, 4) is 11.4 Å². The number of nitrogens with zero attached hydrogens (tertiary/aromatic N) is 2. The number of rotatable bonds is 2. The van der Waals surface area contributed by atoms with E-state index in [2.05, 4.69) is 9.97 Å². The van der Waals surface area contributed by atoms with Crippen LogP contribution in [0.2, 0.25) is 0 Å². The Morgan fingerprint density at radius 3 is 1.90 bits per heavy atom. The summed E-state index contributed by atoms with van der Waals surface area (Å²) in [7, 11) is 0. The average Bonchev–Trinajstić information content (AvgIpc) is 2.36. The van der Waals surface area contributed by atoms with Crippen LogP contribution in [0.5, 0.6) is 0 Å². The molecule has 106 valence electrons. The molecule has 2 aromatic rings. The molecule has 0 saturated heterocycles. The first-order chi connectivity index (χ1) is 9.32. The van der Waals surface area contributed by atoms with Gasteiger partial charge in [0.05, 0.1) is 0 Å². The summed E-state index contributed by atoms with van der Waals surface area (Å²) in [5, 5.41) is 0. The van der Waals surface area contributed by atoms with Crippen molar-refractivity contribution in [1.82, 2.24) is 9.97 Å². The van der Waals surface area contributed by atoms with Crippen LogP contribution >= 0.6 is 0 Å².